The third-order valence-corrected chi connectivity index (χ3v) is 4.80. The first-order valence-electron chi connectivity index (χ1n) is 6.46. The van der Waals surface area contributed by atoms with E-state index in [0.717, 1.165) is 4.47 Å². The Labute approximate surface area is 122 Å². The molecule has 0 radical (unpaired) electrons. The zero-order chi connectivity index (χ0) is 13.1. The molecule has 0 aliphatic heterocycles. The van der Waals surface area contributed by atoms with Crippen molar-refractivity contribution >= 4 is 38.3 Å². The molecule has 18 heavy (non-hydrogen) atoms. The molecule has 0 bridgehead atoms. The molecule has 0 aliphatic carbocycles. The fourth-order valence-corrected chi connectivity index (χ4v) is 3.23. The number of rotatable bonds is 4. The van der Waals surface area contributed by atoms with Gasteiger partial charge in [-0.3, -0.25) is 0 Å². The molecule has 0 nitrogen and oxygen atoms in total. The second kappa shape index (κ2) is 6.08. The molecular weight excluding hydrogens is 308 g/mol. The Kier molecular flexibility index (Phi) is 4.69. The maximum absolute atomic E-state index is 6.65. The molecule has 0 spiro atoms. The predicted molar refractivity (Wildman–Crippen MR) is 84.3 cm³/mol. The molecule has 2 atom stereocenters. The van der Waals surface area contributed by atoms with Gasteiger partial charge in [0.15, 0.2) is 0 Å². The summed E-state index contributed by atoms with van der Waals surface area (Å²) in [5.41, 5.74) is 1.25. The minimum atomic E-state index is 0.0861. The average molecular weight is 326 g/mol. The summed E-state index contributed by atoms with van der Waals surface area (Å²) >= 11 is 10.3. The van der Waals surface area contributed by atoms with Gasteiger partial charge in [0.2, 0.25) is 0 Å². The van der Waals surface area contributed by atoms with E-state index in [4.69, 9.17) is 11.6 Å². The number of halogens is 2. The van der Waals surface area contributed by atoms with E-state index in [2.05, 4.69) is 66.2 Å². The Bertz CT molecular complexity index is 536. The number of benzene rings is 2. The molecule has 2 rings (SSSR count). The van der Waals surface area contributed by atoms with E-state index in [-0.39, 0.29) is 5.38 Å². The summed E-state index contributed by atoms with van der Waals surface area (Å²) in [6.45, 7) is 4.44. The normalized spacial score (nSPS) is 14.7. The summed E-state index contributed by atoms with van der Waals surface area (Å²) in [4.78, 5) is 0. The summed E-state index contributed by atoms with van der Waals surface area (Å²) in [6, 6.07) is 12.7. The minimum absolute atomic E-state index is 0.0861. The van der Waals surface area contributed by atoms with E-state index in [0.29, 0.717) is 5.92 Å². The van der Waals surface area contributed by atoms with Crippen LogP contribution in [0.4, 0.5) is 0 Å². The Morgan fingerprint density at radius 3 is 2.44 bits per heavy atom. The van der Waals surface area contributed by atoms with Gasteiger partial charge in [0, 0.05) is 4.47 Å². The van der Waals surface area contributed by atoms with Crippen molar-refractivity contribution in [3.63, 3.8) is 0 Å². The van der Waals surface area contributed by atoms with E-state index < -0.39 is 0 Å². The lowest BCUT2D eigenvalue weighted by molar-refractivity contribution is 0.509. The van der Waals surface area contributed by atoms with Crippen LogP contribution < -0.4 is 0 Å². The van der Waals surface area contributed by atoms with E-state index in [1.54, 1.807) is 0 Å². The highest BCUT2D eigenvalue weighted by Gasteiger charge is 2.18. The molecule has 0 aliphatic rings. The monoisotopic (exact) mass is 324 g/mol. The van der Waals surface area contributed by atoms with Crippen molar-refractivity contribution in [2.75, 3.05) is 0 Å². The number of hydrogen-bond acceptors (Lipinski definition) is 0. The van der Waals surface area contributed by atoms with Crippen LogP contribution in [-0.2, 0) is 0 Å². The van der Waals surface area contributed by atoms with Gasteiger partial charge in [0.05, 0.1) is 5.38 Å². The van der Waals surface area contributed by atoms with E-state index in [1.807, 2.05) is 0 Å². The van der Waals surface area contributed by atoms with Crippen LogP contribution in [-0.4, -0.2) is 0 Å². The minimum Gasteiger partial charge on any atom is -0.118 e. The van der Waals surface area contributed by atoms with Gasteiger partial charge < -0.3 is 0 Å². The summed E-state index contributed by atoms with van der Waals surface area (Å²) in [6.07, 6.45) is 2.34. The van der Waals surface area contributed by atoms with Gasteiger partial charge in [0.25, 0.3) is 0 Å². The van der Waals surface area contributed by atoms with Gasteiger partial charge >= 0.3 is 0 Å². The van der Waals surface area contributed by atoms with Crippen molar-refractivity contribution in [3.8, 4) is 0 Å². The average Bonchev–Trinajstić information content (AvgIpc) is 2.39. The molecular formula is C16H18BrCl. The van der Waals surface area contributed by atoms with Gasteiger partial charge in [0.1, 0.15) is 0 Å². The van der Waals surface area contributed by atoms with Crippen LogP contribution >= 0.6 is 27.5 Å². The molecule has 0 aromatic heterocycles. The van der Waals surface area contributed by atoms with Crippen LogP contribution in [0.1, 0.15) is 37.6 Å². The lowest BCUT2D eigenvalue weighted by Gasteiger charge is -2.20. The van der Waals surface area contributed by atoms with Crippen LogP contribution in [0.25, 0.3) is 10.8 Å². The Balaban J connectivity index is 2.48. The third-order valence-electron chi connectivity index (χ3n) is 3.45. The molecule has 2 heteroatoms. The molecule has 0 saturated heterocycles. The van der Waals surface area contributed by atoms with Crippen molar-refractivity contribution < 1.29 is 0 Å². The van der Waals surface area contributed by atoms with Crippen molar-refractivity contribution in [2.45, 2.75) is 32.1 Å². The molecule has 0 heterocycles. The number of hydrogen-bond donors (Lipinski definition) is 0. The second-order valence-electron chi connectivity index (χ2n) is 4.85. The summed E-state index contributed by atoms with van der Waals surface area (Å²) in [5, 5.41) is 2.59. The first-order chi connectivity index (χ1) is 8.65. The largest absolute Gasteiger partial charge is 0.118 e. The van der Waals surface area contributed by atoms with E-state index in [9.17, 15) is 0 Å². The summed E-state index contributed by atoms with van der Waals surface area (Å²) in [7, 11) is 0. The van der Waals surface area contributed by atoms with Gasteiger partial charge in [-0.05, 0) is 34.7 Å². The highest BCUT2D eigenvalue weighted by molar-refractivity contribution is 9.10. The zero-order valence-corrected chi connectivity index (χ0v) is 13.1. The quantitative estimate of drug-likeness (QED) is 0.577. The lowest BCUT2D eigenvalue weighted by atomic mass is 9.93. The predicted octanol–water partition coefficient (Wildman–Crippen LogP) is 6.32. The first kappa shape index (κ1) is 13.9. The maximum Gasteiger partial charge on any atom is 0.0616 e. The number of alkyl halides is 1. The van der Waals surface area contributed by atoms with E-state index >= 15 is 0 Å². The standard InChI is InChI=1S/C16H18BrCl/c1-3-6-11(2)16(18)14-9-10-15(17)13-8-5-4-7-12(13)14/h4-5,7-11,16H,3,6H2,1-2H3. The van der Waals surface area contributed by atoms with Crippen molar-refractivity contribution in [3.05, 3.63) is 46.4 Å². The van der Waals surface area contributed by atoms with Gasteiger partial charge in [-0.1, -0.05) is 66.5 Å². The van der Waals surface area contributed by atoms with E-state index in [1.165, 1.54) is 29.2 Å². The van der Waals surface area contributed by atoms with Crippen LogP contribution in [0.5, 0.6) is 0 Å². The van der Waals surface area contributed by atoms with Gasteiger partial charge in [-0.15, -0.1) is 11.6 Å². The van der Waals surface area contributed by atoms with Crippen molar-refractivity contribution in [1.82, 2.24) is 0 Å². The Morgan fingerprint density at radius 1 is 1.11 bits per heavy atom. The van der Waals surface area contributed by atoms with Crippen LogP contribution in [0.15, 0.2) is 40.9 Å². The van der Waals surface area contributed by atoms with Crippen molar-refractivity contribution in [1.29, 1.82) is 0 Å². The zero-order valence-electron chi connectivity index (χ0n) is 10.8. The van der Waals surface area contributed by atoms with Crippen LogP contribution in [0.2, 0.25) is 0 Å². The van der Waals surface area contributed by atoms with Crippen molar-refractivity contribution in [2.24, 2.45) is 5.92 Å². The molecule has 0 N–H and O–H groups in total. The fourth-order valence-electron chi connectivity index (χ4n) is 2.43. The molecule has 96 valence electrons. The molecule has 0 fully saturated rings. The molecule has 0 amide bonds. The smallest absolute Gasteiger partial charge is 0.0616 e. The fraction of sp³-hybridized carbons (Fsp3) is 0.375. The van der Waals surface area contributed by atoms with Gasteiger partial charge in [-0.25, -0.2) is 0 Å². The third kappa shape index (κ3) is 2.73. The topological polar surface area (TPSA) is 0 Å². The van der Waals surface area contributed by atoms with Gasteiger partial charge in [-0.2, -0.15) is 0 Å². The molecule has 2 aromatic rings. The summed E-state index contributed by atoms with van der Waals surface area (Å²) < 4.78 is 1.13. The maximum atomic E-state index is 6.65. The second-order valence-corrected chi connectivity index (χ2v) is 6.17. The Morgan fingerprint density at radius 2 is 1.78 bits per heavy atom. The lowest BCUT2D eigenvalue weighted by Crippen LogP contribution is -2.04. The molecule has 0 saturated carbocycles. The Hall–Kier alpha value is -0.530. The highest BCUT2D eigenvalue weighted by Crippen LogP contribution is 2.37. The molecule has 2 unspecified atom stereocenters. The number of fused-ring (bicyclic) bond motifs is 1. The highest BCUT2D eigenvalue weighted by atomic mass is 79.9. The first-order valence-corrected chi connectivity index (χ1v) is 7.69. The molecule has 2 aromatic carbocycles. The van der Waals surface area contributed by atoms with Crippen LogP contribution in [0, 0.1) is 5.92 Å². The SMILES string of the molecule is CCCC(C)C(Cl)c1ccc(Br)c2ccccc12. The summed E-state index contributed by atoms with van der Waals surface area (Å²) in [5.74, 6) is 0.501. The van der Waals surface area contributed by atoms with Crippen LogP contribution in [0.3, 0.4) is 0 Å².